The Hall–Kier alpha value is -4.74. The quantitative estimate of drug-likeness (QED) is 0.228. The van der Waals surface area contributed by atoms with Crippen molar-refractivity contribution in [3.8, 4) is 17.6 Å². The lowest BCUT2D eigenvalue weighted by Gasteiger charge is -2.19. The molecule has 0 unspecified atom stereocenters. The molecule has 12 heteroatoms. The van der Waals surface area contributed by atoms with Gasteiger partial charge >= 0.3 is 5.69 Å². The minimum Gasteiger partial charge on any atom is -0.481 e. The Balaban J connectivity index is 1.82. The highest BCUT2D eigenvalue weighted by atomic mass is 19.1. The molecular formula is C22H21FN8O3. The average molecular weight is 464 g/mol. The molecule has 0 amide bonds. The fraction of sp³-hybridized carbons (Fsp3) is 0.136. The highest BCUT2D eigenvalue weighted by Gasteiger charge is 2.23. The minimum absolute atomic E-state index is 0.0628. The first kappa shape index (κ1) is 22.5. The van der Waals surface area contributed by atoms with E-state index in [1.165, 1.54) is 32.5 Å². The van der Waals surface area contributed by atoms with Crippen LogP contribution in [-0.4, -0.2) is 44.8 Å². The first-order chi connectivity index (χ1) is 16.4. The lowest BCUT2D eigenvalue weighted by molar-refractivity contribution is 0.363. The predicted octanol–water partition coefficient (Wildman–Crippen LogP) is 1.99. The second-order valence-corrected chi connectivity index (χ2v) is 7.09. The third-order valence-electron chi connectivity index (χ3n) is 4.91. The summed E-state index contributed by atoms with van der Waals surface area (Å²) in [4.78, 5) is 23.4. The Morgan fingerprint density at radius 2 is 1.85 bits per heavy atom. The number of anilines is 1. The van der Waals surface area contributed by atoms with Crippen LogP contribution in [0.5, 0.6) is 11.8 Å². The summed E-state index contributed by atoms with van der Waals surface area (Å²) in [7, 11) is 2.93. The van der Waals surface area contributed by atoms with Gasteiger partial charge in [-0.1, -0.05) is 0 Å². The van der Waals surface area contributed by atoms with E-state index < -0.39 is 17.5 Å². The second-order valence-electron chi connectivity index (χ2n) is 7.09. The molecule has 0 saturated carbocycles. The van der Waals surface area contributed by atoms with Crippen LogP contribution in [0.2, 0.25) is 0 Å². The first-order valence-corrected chi connectivity index (χ1v) is 10.0. The van der Waals surface area contributed by atoms with Gasteiger partial charge in [0.25, 0.3) is 0 Å². The van der Waals surface area contributed by atoms with Gasteiger partial charge in [-0.25, -0.2) is 14.2 Å². The van der Waals surface area contributed by atoms with Gasteiger partial charge in [-0.05, 0) is 42.0 Å². The Bertz CT molecular complexity index is 1360. The zero-order valence-electron chi connectivity index (χ0n) is 18.2. The molecule has 0 spiro atoms. The molecule has 0 radical (unpaired) electrons. The number of hydrogen-bond donors (Lipinski definition) is 4. The highest BCUT2D eigenvalue weighted by molar-refractivity contribution is 5.95. The molecule has 34 heavy (non-hydrogen) atoms. The number of hydrogen-bond acceptors (Lipinski definition) is 8. The summed E-state index contributed by atoms with van der Waals surface area (Å²) < 4.78 is 25.7. The van der Waals surface area contributed by atoms with Crippen molar-refractivity contribution in [3.05, 3.63) is 88.0 Å². The number of amidine groups is 1. The van der Waals surface area contributed by atoms with Gasteiger partial charge in [-0.2, -0.15) is 9.67 Å². The number of pyridine rings is 2. The van der Waals surface area contributed by atoms with Crippen molar-refractivity contribution in [1.82, 2.24) is 24.7 Å². The summed E-state index contributed by atoms with van der Waals surface area (Å²) in [5.74, 6) is -0.242. The molecular weight excluding hydrogens is 443 g/mol. The monoisotopic (exact) mass is 464 g/mol. The number of benzene rings is 1. The van der Waals surface area contributed by atoms with E-state index in [0.29, 0.717) is 16.8 Å². The summed E-state index contributed by atoms with van der Waals surface area (Å²) in [6, 6.07) is 12.0. The third-order valence-corrected chi connectivity index (χ3v) is 4.91. The van der Waals surface area contributed by atoms with Gasteiger partial charge < -0.3 is 20.5 Å². The molecule has 0 bridgehead atoms. The van der Waals surface area contributed by atoms with E-state index >= 15 is 0 Å². The Labute approximate surface area is 192 Å². The number of nitrogens with one attached hydrogen (secondary N) is 3. The van der Waals surface area contributed by atoms with Crippen molar-refractivity contribution >= 4 is 11.5 Å². The predicted molar refractivity (Wildman–Crippen MR) is 122 cm³/mol. The topological polar surface area (TPSA) is 157 Å². The molecule has 4 aromatic rings. The van der Waals surface area contributed by atoms with E-state index in [9.17, 15) is 9.18 Å². The lowest BCUT2D eigenvalue weighted by atomic mass is 10.1. The fourth-order valence-electron chi connectivity index (χ4n) is 3.25. The molecule has 3 aromatic heterocycles. The van der Waals surface area contributed by atoms with Crippen LogP contribution >= 0.6 is 0 Å². The molecule has 1 aromatic carbocycles. The van der Waals surface area contributed by atoms with E-state index in [0.717, 1.165) is 4.68 Å². The zero-order valence-corrected chi connectivity index (χ0v) is 18.2. The van der Waals surface area contributed by atoms with Crippen LogP contribution in [0.1, 0.15) is 23.0 Å². The lowest BCUT2D eigenvalue weighted by Crippen LogP contribution is -2.18. The van der Waals surface area contributed by atoms with Crippen LogP contribution in [0.25, 0.3) is 5.82 Å². The summed E-state index contributed by atoms with van der Waals surface area (Å²) in [5.41, 5.74) is 6.66. The highest BCUT2D eigenvalue weighted by Crippen LogP contribution is 2.29. The normalized spacial score (nSPS) is 11.6. The smallest absolute Gasteiger partial charge is 0.349 e. The molecule has 174 valence electrons. The van der Waals surface area contributed by atoms with Gasteiger partial charge in [-0.15, -0.1) is 5.10 Å². The number of rotatable bonds is 8. The van der Waals surface area contributed by atoms with Crippen molar-refractivity contribution in [3.63, 3.8) is 0 Å². The van der Waals surface area contributed by atoms with Crippen molar-refractivity contribution < 1.29 is 13.9 Å². The Kier molecular flexibility index (Phi) is 6.21. The van der Waals surface area contributed by atoms with E-state index in [2.05, 4.69) is 25.4 Å². The molecule has 0 aliphatic rings. The number of H-pyrrole nitrogens is 1. The van der Waals surface area contributed by atoms with Crippen LogP contribution in [0.3, 0.4) is 0 Å². The molecule has 0 fully saturated rings. The molecule has 0 aliphatic heterocycles. The van der Waals surface area contributed by atoms with Crippen LogP contribution in [0.4, 0.5) is 10.1 Å². The summed E-state index contributed by atoms with van der Waals surface area (Å²) in [6.45, 7) is 0. The number of aromatic amines is 1. The molecule has 3 heterocycles. The van der Waals surface area contributed by atoms with E-state index in [1.807, 2.05) is 0 Å². The second kappa shape index (κ2) is 9.40. The maximum atomic E-state index is 14.3. The molecule has 4 rings (SSSR count). The molecule has 0 aliphatic carbocycles. The van der Waals surface area contributed by atoms with Crippen molar-refractivity contribution in [1.29, 1.82) is 5.41 Å². The standard InChI is InChI=1S/C22H21FN8O3/c1-33-16-10-13(11-17(28-16)34-2)18(27-14-7-5-12(6-8-14)19(24)25)20-29-22(32)31(30-20)21-15(23)4-3-9-26-21/h3-11,18,27H,1-2H3,(H3,24,25)(H,29,30,32)/t18-/m0/s1. The van der Waals surface area contributed by atoms with Crippen molar-refractivity contribution in [2.45, 2.75) is 6.04 Å². The summed E-state index contributed by atoms with van der Waals surface area (Å²) in [5, 5.41) is 15.1. The van der Waals surface area contributed by atoms with Gasteiger partial charge in [0.2, 0.25) is 11.8 Å². The van der Waals surface area contributed by atoms with Gasteiger partial charge in [0.1, 0.15) is 11.9 Å². The van der Waals surface area contributed by atoms with Crippen LogP contribution in [0, 0.1) is 11.2 Å². The fourth-order valence-corrected chi connectivity index (χ4v) is 3.25. The van der Waals surface area contributed by atoms with Gasteiger partial charge in [0, 0.05) is 29.6 Å². The summed E-state index contributed by atoms with van der Waals surface area (Å²) in [6.07, 6.45) is 1.37. The largest absolute Gasteiger partial charge is 0.481 e. The number of halogens is 1. The van der Waals surface area contributed by atoms with E-state index in [1.54, 1.807) is 36.4 Å². The van der Waals surface area contributed by atoms with Crippen molar-refractivity contribution in [2.75, 3.05) is 19.5 Å². The number of nitrogens with two attached hydrogens (primary N) is 1. The SMILES string of the molecule is COc1cc([C@H](Nc2ccc(C(=N)N)cc2)c2nn(-c3ncccc3F)c(=O)[nH]2)cc(OC)n1. The molecule has 0 saturated heterocycles. The van der Waals surface area contributed by atoms with Crippen LogP contribution in [-0.2, 0) is 0 Å². The number of methoxy groups -OCH3 is 2. The Morgan fingerprint density at radius 3 is 2.44 bits per heavy atom. The van der Waals surface area contributed by atoms with E-state index in [-0.39, 0.29) is 29.2 Å². The zero-order chi connectivity index (χ0) is 24.2. The van der Waals surface area contributed by atoms with Gasteiger partial charge in [0.05, 0.1) is 14.2 Å². The number of nitrogen functional groups attached to an aromatic ring is 1. The molecule has 5 N–H and O–H groups in total. The number of aromatic nitrogens is 5. The number of ether oxygens (including phenoxy) is 2. The maximum absolute atomic E-state index is 14.3. The third kappa shape index (κ3) is 4.55. The van der Waals surface area contributed by atoms with Gasteiger partial charge in [-0.3, -0.25) is 10.4 Å². The van der Waals surface area contributed by atoms with Crippen LogP contribution < -0.4 is 26.2 Å². The maximum Gasteiger partial charge on any atom is 0.349 e. The van der Waals surface area contributed by atoms with E-state index in [4.69, 9.17) is 20.6 Å². The Morgan fingerprint density at radius 1 is 1.18 bits per heavy atom. The summed E-state index contributed by atoms with van der Waals surface area (Å²) >= 11 is 0. The van der Waals surface area contributed by atoms with Gasteiger partial charge in [0.15, 0.2) is 17.5 Å². The average Bonchev–Trinajstić information content (AvgIpc) is 3.23. The van der Waals surface area contributed by atoms with Crippen molar-refractivity contribution in [2.24, 2.45) is 5.73 Å². The first-order valence-electron chi connectivity index (χ1n) is 10.0. The number of nitrogens with zero attached hydrogens (tertiary/aromatic N) is 4. The molecule has 1 atom stereocenters. The van der Waals surface area contributed by atoms with Crippen LogP contribution in [0.15, 0.2) is 59.5 Å². The molecule has 11 nitrogen and oxygen atoms in total. The minimum atomic E-state index is -0.727.